The number of nitrogens with one attached hydrogen (secondary N) is 2. The van der Waals surface area contributed by atoms with Gasteiger partial charge in [-0.05, 0) is 41.5 Å². The summed E-state index contributed by atoms with van der Waals surface area (Å²) in [5.74, 6) is 0. The second kappa shape index (κ2) is 7.24. The first-order valence-electron chi connectivity index (χ1n) is 6.56. The van der Waals surface area contributed by atoms with Crippen LogP contribution >= 0.6 is 0 Å². The molecule has 0 aliphatic heterocycles. The van der Waals surface area contributed by atoms with Gasteiger partial charge in [-0.3, -0.25) is 0 Å². The molecular formula is C12H27N3O4S. The summed E-state index contributed by atoms with van der Waals surface area (Å²) >= 11 is 0. The van der Waals surface area contributed by atoms with Gasteiger partial charge in [-0.1, -0.05) is 0 Å². The first kappa shape index (κ1) is 19.1. The number of rotatable bonds is 6. The molecule has 8 heteroatoms. The molecule has 0 aromatic carbocycles. The fourth-order valence-electron chi connectivity index (χ4n) is 1.43. The standard InChI is InChI=1S/C12H27N3O4S/c1-9(2)14-20(17,18)15(7)8-10(3)13-11(16)19-12(4,5)6/h9-10,14H,8H2,1-7H3,(H,13,16). The molecule has 0 fully saturated rings. The molecule has 0 radical (unpaired) electrons. The lowest BCUT2D eigenvalue weighted by molar-refractivity contribution is 0.0504. The van der Waals surface area contributed by atoms with E-state index in [0.29, 0.717) is 0 Å². The fourth-order valence-corrected chi connectivity index (χ4v) is 2.62. The van der Waals surface area contributed by atoms with E-state index in [1.54, 1.807) is 41.5 Å². The summed E-state index contributed by atoms with van der Waals surface area (Å²) in [6.07, 6.45) is -0.562. The Bertz CT molecular complexity index is 415. The van der Waals surface area contributed by atoms with Crippen LogP contribution in [0.25, 0.3) is 0 Å². The second-order valence-electron chi connectivity index (χ2n) is 6.11. The van der Waals surface area contributed by atoms with Crippen molar-refractivity contribution in [2.75, 3.05) is 13.6 Å². The van der Waals surface area contributed by atoms with Gasteiger partial charge >= 0.3 is 6.09 Å². The minimum absolute atomic E-state index is 0.154. The number of carbonyl (C=O) groups excluding carboxylic acids is 1. The molecule has 1 atom stereocenters. The lowest BCUT2D eigenvalue weighted by atomic mass is 10.2. The number of ether oxygens (including phenoxy) is 1. The third kappa shape index (κ3) is 8.34. The normalized spacial score (nSPS) is 14.4. The maximum atomic E-state index is 11.9. The van der Waals surface area contributed by atoms with Crippen molar-refractivity contribution in [3.63, 3.8) is 0 Å². The summed E-state index contributed by atoms with van der Waals surface area (Å²) in [5, 5.41) is 2.60. The molecule has 2 N–H and O–H groups in total. The predicted molar refractivity (Wildman–Crippen MR) is 78.7 cm³/mol. The summed E-state index contributed by atoms with van der Waals surface area (Å²) in [5.41, 5.74) is -0.582. The molecule has 0 saturated carbocycles. The Hall–Kier alpha value is -0.860. The molecular weight excluding hydrogens is 282 g/mol. The lowest BCUT2D eigenvalue weighted by Gasteiger charge is -2.25. The van der Waals surface area contributed by atoms with Crippen LogP contribution in [0.4, 0.5) is 4.79 Å². The summed E-state index contributed by atoms with van der Waals surface area (Å²) < 4.78 is 32.5. The highest BCUT2D eigenvalue weighted by Gasteiger charge is 2.23. The topological polar surface area (TPSA) is 87.7 Å². The number of amides is 1. The maximum absolute atomic E-state index is 11.9. The molecule has 0 saturated heterocycles. The Morgan fingerprint density at radius 1 is 1.25 bits per heavy atom. The summed E-state index contributed by atoms with van der Waals surface area (Å²) in [6.45, 7) is 10.6. The van der Waals surface area contributed by atoms with Crippen LogP contribution in [0, 0.1) is 0 Å². The maximum Gasteiger partial charge on any atom is 0.407 e. The van der Waals surface area contributed by atoms with Crippen molar-refractivity contribution in [2.45, 2.75) is 59.2 Å². The summed E-state index contributed by atoms with van der Waals surface area (Å²) in [6, 6.07) is -0.546. The van der Waals surface area contributed by atoms with Gasteiger partial charge in [0, 0.05) is 25.7 Å². The Morgan fingerprint density at radius 3 is 2.15 bits per heavy atom. The Balaban J connectivity index is 4.40. The number of alkyl carbamates (subject to hydrolysis) is 1. The number of nitrogens with zero attached hydrogens (tertiary/aromatic N) is 1. The van der Waals surface area contributed by atoms with Gasteiger partial charge in [-0.2, -0.15) is 17.4 Å². The molecule has 0 heterocycles. The molecule has 0 bridgehead atoms. The van der Waals surface area contributed by atoms with E-state index in [9.17, 15) is 13.2 Å². The molecule has 7 nitrogen and oxygen atoms in total. The molecule has 0 aliphatic rings. The van der Waals surface area contributed by atoms with Gasteiger partial charge in [-0.15, -0.1) is 0 Å². The molecule has 0 aromatic rings. The average molecular weight is 309 g/mol. The van der Waals surface area contributed by atoms with E-state index in [1.165, 1.54) is 7.05 Å². The van der Waals surface area contributed by atoms with Crippen molar-refractivity contribution < 1.29 is 17.9 Å². The van der Waals surface area contributed by atoms with E-state index in [2.05, 4.69) is 10.0 Å². The van der Waals surface area contributed by atoms with E-state index >= 15 is 0 Å². The van der Waals surface area contributed by atoms with Crippen molar-refractivity contribution >= 4 is 16.3 Å². The highest BCUT2D eigenvalue weighted by molar-refractivity contribution is 7.87. The zero-order valence-electron chi connectivity index (χ0n) is 13.4. The van der Waals surface area contributed by atoms with Crippen LogP contribution in [0.15, 0.2) is 0 Å². The van der Waals surface area contributed by atoms with Gasteiger partial charge in [-0.25, -0.2) is 4.79 Å². The van der Waals surface area contributed by atoms with Crippen LogP contribution in [0.2, 0.25) is 0 Å². The quantitative estimate of drug-likeness (QED) is 0.768. The number of hydrogen-bond donors (Lipinski definition) is 2. The third-order valence-electron chi connectivity index (χ3n) is 2.09. The van der Waals surface area contributed by atoms with Crippen molar-refractivity contribution in [3.8, 4) is 0 Å². The van der Waals surface area contributed by atoms with Gasteiger partial charge < -0.3 is 10.1 Å². The van der Waals surface area contributed by atoms with Crippen molar-refractivity contribution in [1.29, 1.82) is 0 Å². The van der Waals surface area contributed by atoms with Crippen LogP contribution in [-0.2, 0) is 14.9 Å². The van der Waals surface area contributed by atoms with E-state index < -0.39 is 21.9 Å². The molecule has 1 amide bonds. The largest absolute Gasteiger partial charge is 0.444 e. The van der Waals surface area contributed by atoms with Gasteiger partial charge in [0.05, 0.1) is 0 Å². The molecule has 1 unspecified atom stereocenters. The third-order valence-corrected chi connectivity index (χ3v) is 3.83. The lowest BCUT2D eigenvalue weighted by Crippen LogP contribution is -2.48. The molecule has 0 spiro atoms. The summed E-state index contributed by atoms with van der Waals surface area (Å²) in [4.78, 5) is 11.6. The van der Waals surface area contributed by atoms with Crippen molar-refractivity contribution in [2.24, 2.45) is 0 Å². The molecule has 120 valence electrons. The highest BCUT2D eigenvalue weighted by atomic mass is 32.2. The van der Waals surface area contributed by atoms with E-state index in [1.807, 2.05) is 0 Å². The van der Waals surface area contributed by atoms with Crippen LogP contribution < -0.4 is 10.0 Å². The second-order valence-corrected chi connectivity index (χ2v) is 7.91. The Kier molecular flexibility index (Phi) is 6.92. The van der Waals surface area contributed by atoms with E-state index in [-0.39, 0.29) is 18.6 Å². The van der Waals surface area contributed by atoms with Gasteiger partial charge in [0.25, 0.3) is 10.2 Å². The number of likely N-dealkylation sites (N-methyl/N-ethyl adjacent to an activating group) is 1. The number of carbonyl (C=O) groups is 1. The molecule has 0 rings (SSSR count). The van der Waals surface area contributed by atoms with Crippen LogP contribution in [-0.4, -0.2) is 50.1 Å². The van der Waals surface area contributed by atoms with Gasteiger partial charge in [0.2, 0.25) is 0 Å². The van der Waals surface area contributed by atoms with E-state index in [4.69, 9.17) is 4.74 Å². The fraction of sp³-hybridized carbons (Fsp3) is 0.917. The Labute approximate surface area is 122 Å². The molecule has 0 aliphatic carbocycles. The monoisotopic (exact) mass is 309 g/mol. The molecule has 0 aromatic heterocycles. The summed E-state index contributed by atoms with van der Waals surface area (Å²) in [7, 11) is -2.08. The predicted octanol–water partition coefficient (Wildman–Crippen LogP) is 1.07. The minimum Gasteiger partial charge on any atom is -0.444 e. The van der Waals surface area contributed by atoms with Crippen LogP contribution in [0.5, 0.6) is 0 Å². The number of hydrogen-bond acceptors (Lipinski definition) is 4. The molecule has 20 heavy (non-hydrogen) atoms. The smallest absolute Gasteiger partial charge is 0.407 e. The first-order valence-corrected chi connectivity index (χ1v) is 8.00. The van der Waals surface area contributed by atoms with Gasteiger partial charge in [0.1, 0.15) is 5.60 Å². The highest BCUT2D eigenvalue weighted by Crippen LogP contribution is 2.07. The Morgan fingerprint density at radius 2 is 1.75 bits per heavy atom. The minimum atomic E-state index is -3.53. The van der Waals surface area contributed by atoms with Crippen molar-refractivity contribution in [3.05, 3.63) is 0 Å². The first-order chi connectivity index (χ1) is 8.83. The zero-order valence-corrected chi connectivity index (χ0v) is 14.2. The van der Waals surface area contributed by atoms with Crippen LogP contribution in [0.3, 0.4) is 0 Å². The van der Waals surface area contributed by atoms with E-state index in [0.717, 1.165) is 4.31 Å². The van der Waals surface area contributed by atoms with Crippen LogP contribution in [0.1, 0.15) is 41.5 Å². The van der Waals surface area contributed by atoms with Crippen molar-refractivity contribution in [1.82, 2.24) is 14.3 Å². The zero-order chi connectivity index (χ0) is 16.1. The SMILES string of the molecule is CC(C)NS(=O)(=O)N(C)CC(C)NC(=O)OC(C)(C)C. The van der Waals surface area contributed by atoms with Gasteiger partial charge in [0.15, 0.2) is 0 Å². The average Bonchev–Trinajstić information content (AvgIpc) is 2.10.